The molecule has 6 heteroatoms. The molecule has 1 atom stereocenters. The summed E-state index contributed by atoms with van der Waals surface area (Å²) < 4.78 is 10.9. The van der Waals surface area contributed by atoms with Crippen molar-refractivity contribution in [1.29, 1.82) is 0 Å². The number of aromatic nitrogens is 1. The van der Waals surface area contributed by atoms with E-state index in [0.29, 0.717) is 43.3 Å². The zero-order valence-electron chi connectivity index (χ0n) is 11.9. The van der Waals surface area contributed by atoms with Crippen molar-refractivity contribution in [2.24, 2.45) is 5.92 Å². The summed E-state index contributed by atoms with van der Waals surface area (Å²) in [5.41, 5.74) is 1.93. The number of oxazole rings is 1. The molecule has 1 aromatic heterocycles. The van der Waals surface area contributed by atoms with E-state index in [4.69, 9.17) is 9.15 Å². The number of hydrogen-bond acceptors (Lipinski definition) is 5. The summed E-state index contributed by atoms with van der Waals surface area (Å²) in [5, 5.41) is 9.29. The highest BCUT2D eigenvalue weighted by atomic mass is 16.5. The first-order chi connectivity index (χ1) is 10.2. The van der Waals surface area contributed by atoms with Gasteiger partial charge in [0, 0.05) is 38.1 Å². The second-order valence-electron chi connectivity index (χ2n) is 5.29. The van der Waals surface area contributed by atoms with Crippen LogP contribution in [0.3, 0.4) is 0 Å². The van der Waals surface area contributed by atoms with Crippen LogP contribution in [0.2, 0.25) is 0 Å². The average Bonchev–Trinajstić information content (AvgIpc) is 2.71. The molecule has 0 spiro atoms. The Morgan fingerprint density at radius 2 is 2.38 bits per heavy atom. The summed E-state index contributed by atoms with van der Waals surface area (Å²) in [6.45, 7) is 3.81. The van der Waals surface area contributed by atoms with Crippen LogP contribution in [-0.2, 0) is 4.74 Å². The molecule has 1 aromatic carbocycles. The normalized spacial score (nSPS) is 19.7. The van der Waals surface area contributed by atoms with Crippen molar-refractivity contribution in [2.45, 2.75) is 6.92 Å². The van der Waals surface area contributed by atoms with Gasteiger partial charge in [-0.3, -0.25) is 4.79 Å². The van der Waals surface area contributed by atoms with Gasteiger partial charge in [0.15, 0.2) is 11.5 Å². The quantitative estimate of drug-likeness (QED) is 0.900. The molecule has 1 N–H and O–H groups in total. The standard InChI is InChI=1S/C15H18N2O4/c1-10-16-13-3-2-12(6-14(13)21-10)15(19)17-4-5-20-9-11(7-17)8-18/h2-3,6,11,18H,4-5,7-9H2,1H3/t11-/m0/s1. The first-order valence-electron chi connectivity index (χ1n) is 7.02. The Morgan fingerprint density at radius 3 is 3.19 bits per heavy atom. The van der Waals surface area contributed by atoms with E-state index in [-0.39, 0.29) is 18.4 Å². The van der Waals surface area contributed by atoms with Crippen LogP contribution in [-0.4, -0.2) is 53.8 Å². The first kappa shape index (κ1) is 14.0. The number of nitrogens with zero attached hydrogens (tertiary/aromatic N) is 2. The number of aliphatic hydroxyl groups is 1. The highest BCUT2D eigenvalue weighted by molar-refractivity contribution is 5.97. The Hall–Kier alpha value is -1.92. The van der Waals surface area contributed by atoms with Crippen molar-refractivity contribution in [2.75, 3.05) is 32.9 Å². The maximum Gasteiger partial charge on any atom is 0.254 e. The van der Waals surface area contributed by atoms with Crippen LogP contribution in [0.1, 0.15) is 16.2 Å². The lowest BCUT2D eigenvalue weighted by Gasteiger charge is -2.22. The van der Waals surface area contributed by atoms with Crippen molar-refractivity contribution in [3.8, 4) is 0 Å². The molecule has 1 amide bonds. The van der Waals surface area contributed by atoms with Gasteiger partial charge < -0.3 is 19.2 Å². The highest BCUT2D eigenvalue weighted by Crippen LogP contribution is 2.19. The maximum atomic E-state index is 12.6. The average molecular weight is 290 g/mol. The number of ether oxygens (including phenoxy) is 1. The van der Waals surface area contributed by atoms with Gasteiger partial charge in [-0.2, -0.15) is 0 Å². The lowest BCUT2D eigenvalue weighted by Crippen LogP contribution is -2.36. The largest absolute Gasteiger partial charge is 0.441 e. The molecular formula is C15H18N2O4. The third kappa shape index (κ3) is 2.91. The molecule has 1 fully saturated rings. The van der Waals surface area contributed by atoms with Gasteiger partial charge in [0.05, 0.1) is 13.2 Å². The van der Waals surface area contributed by atoms with Crippen molar-refractivity contribution < 1.29 is 19.1 Å². The lowest BCUT2D eigenvalue weighted by atomic mass is 10.1. The number of aliphatic hydroxyl groups excluding tert-OH is 1. The Balaban J connectivity index is 1.84. The summed E-state index contributed by atoms with van der Waals surface area (Å²) >= 11 is 0. The van der Waals surface area contributed by atoms with Gasteiger partial charge in [0.2, 0.25) is 0 Å². The Labute approximate surface area is 122 Å². The number of benzene rings is 1. The lowest BCUT2D eigenvalue weighted by molar-refractivity contribution is 0.0728. The molecule has 0 bridgehead atoms. The van der Waals surface area contributed by atoms with E-state index in [1.807, 2.05) is 0 Å². The second kappa shape index (κ2) is 5.83. The van der Waals surface area contributed by atoms with Crippen LogP contribution >= 0.6 is 0 Å². The molecule has 0 saturated carbocycles. The summed E-state index contributed by atoms with van der Waals surface area (Å²) in [6.07, 6.45) is 0. The Bertz CT molecular complexity index is 652. The van der Waals surface area contributed by atoms with Crippen molar-refractivity contribution in [3.05, 3.63) is 29.7 Å². The van der Waals surface area contributed by atoms with Crippen molar-refractivity contribution >= 4 is 17.0 Å². The van der Waals surface area contributed by atoms with Gasteiger partial charge in [-0.1, -0.05) is 0 Å². The van der Waals surface area contributed by atoms with Crippen LogP contribution in [0.15, 0.2) is 22.6 Å². The van der Waals surface area contributed by atoms with Crippen LogP contribution in [0.4, 0.5) is 0 Å². The third-order valence-corrected chi connectivity index (χ3v) is 3.63. The number of amides is 1. The van der Waals surface area contributed by atoms with Crippen LogP contribution in [0, 0.1) is 12.8 Å². The van der Waals surface area contributed by atoms with Gasteiger partial charge in [-0.15, -0.1) is 0 Å². The van der Waals surface area contributed by atoms with Crippen LogP contribution < -0.4 is 0 Å². The minimum atomic E-state index is -0.0742. The molecule has 2 heterocycles. The summed E-state index contributed by atoms with van der Waals surface area (Å²) in [5.74, 6) is 0.473. The third-order valence-electron chi connectivity index (χ3n) is 3.63. The fourth-order valence-corrected chi connectivity index (χ4v) is 2.53. The number of fused-ring (bicyclic) bond motifs is 1. The van der Waals surface area contributed by atoms with Gasteiger partial charge in [0.1, 0.15) is 5.52 Å². The van der Waals surface area contributed by atoms with E-state index in [9.17, 15) is 9.90 Å². The fourth-order valence-electron chi connectivity index (χ4n) is 2.53. The number of aryl methyl sites for hydroxylation is 1. The molecule has 6 nitrogen and oxygen atoms in total. The molecule has 112 valence electrons. The summed E-state index contributed by atoms with van der Waals surface area (Å²) in [4.78, 5) is 18.5. The topological polar surface area (TPSA) is 75.8 Å². The van der Waals surface area contributed by atoms with E-state index in [1.54, 1.807) is 30.0 Å². The van der Waals surface area contributed by atoms with E-state index in [1.165, 1.54) is 0 Å². The smallest absolute Gasteiger partial charge is 0.254 e. The van der Waals surface area contributed by atoms with Gasteiger partial charge in [0.25, 0.3) is 5.91 Å². The summed E-state index contributed by atoms with van der Waals surface area (Å²) in [6, 6.07) is 5.26. The number of carbonyl (C=O) groups is 1. The van der Waals surface area contributed by atoms with E-state index in [2.05, 4.69) is 4.98 Å². The molecular weight excluding hydrogens is 272 g/mol. The molecule has 2 aromatic rings. The number of rotatable bonds is 2. The minimum Gasteiger partial charge on any atom is -0.441 e. The van der Waals surface area contributed by atoms with Crippen LogP contribution in [0.5, 0.6) is 0 Å². The van der Waals surface area contributed by atoms with Gasteiger partial charge >= 0.3 is 0 Å². The second-order valence-corrected chi connectivity index (χ2v) is 5.29. The Morgan fingerprint density at radius 1 is 1.52 bits per heavy atom. The zero-order valence-corrected chi connectivity index (χ0v) is 11.9. The molecule has 0 aliphatic carbocycles. The molecule has 21 heavy (non-hydrogen) atoms. The minimum absolute atomic E-state index is 0.0180. The molecule has 1 saturated heterocycles. The predicted octanol–water partition coefficient (Wildman–Crippen LogP) is 1.22. The number of hydrogen-bond donors (Lipinski definition) is 1. The van der Waals surface area contributed by atoms with E-state index < -0.39 is 0 Å². The van der Waals surface area contributed by atoms with Crippen molar-refractivity contribution in [3.63, 3.8) is 0 Å². The SMILES string of the molecule is Cc1nc2ccc(C(=O)N3CCOC[C@H](CO)C3)cc2o1. The monoisotopic (exact) mass is 290 g/mol. The number of carbonyl (C=O) groups excluding carboxylic acids is 1. The zero-order chi connectivity index (χ0) is 14.8. The molecule has 0 unspecified atom stereocenters. The highest BCUT2D eigenvalue weighted by Gasteiger charge is 2.23. The molecule has 0 radical (unpaired) electrons. The fraction of sp³-hybridized carbons (Fsp3) is 0.467. The van der Waals surface area contributed by atoms with Gasteiger partial charge in [-0.05, 0) is 18.2 Å². The predicted molar refractivity (Wildman–Crippen MR) is 76.0 cm³/mol. The molecule has 1 aliphatic heterocycles. The Kier molecular flexibility index (Phi) is 3.90. The maximum absolute atomic E-state index is 12.6. The molecule has 3 rings (SSSR count). The van der Waals surface area contributed by atoms with Gasteiger partial charge in [-0.25, -0.2) is 4.98 Å². The summed E-state index contributed by atoms with van der Waals surface area (Å²) in [7, 11) is 0. The molecule has 1 aliphatic rings. The van der Waals surface area contributed by atoms with E-state index >= 15 is 0 Å². The van der Waals surface area contributed by atoms with Crippen LogP contribution in [0.25, 0.3) is 11.1 Å². The van der Waals surface area contributed by atoms with E-state index in [0.717, 1.165) is 5.52 Å². The van der Waals surface area contributed by atoms with Crippen molar-refractivity contribution in [1.82, 2.24) is 9.88 Å². The first-order valence-corrected chi connectivity index (χ1v) is 7.02.